The van der Waals surface area contributed by atoms with E-state index in [0.29, 0.717) is 0 Å². The van der Waals surface area contributed by atoms with E-state index < -0.39 is 16.6 Å². The predicted octanol–water partition coefficient (Wildman–Crippen LogP) is 1.27. The second kappa shape index (κ2) is 4.59. The van der Waals surface area contributed by atoms with E-state index in [2.05, 4.69) is 0 Å². The molecular formula is C11H15NO4. The van der Waals surface area contributed by atoms with Crippen LogP contribution < -0.4 is 0 Å². The lowest BCUT2D eigenvalue weighted by atomic mass is 9.95. The molecule has 0 aliphatic heterocycles. The van der Waals surface area contributed by atoms with E-state index in [4.69, 9.17) is 0 Å². The molecule has 0 aliphatic carbocycles. The van der Waals surface area contributed by atoms with Gasteiger partial charge in [-0.15, -0.1) is 0 Å². The number of hydrogen-bond acceptors (Lipinski definition) is 4. The average Bonchev–Trinajstić information content (AvgIpc) is 2.17. The van der Waals surface area contributed by atoms with E-state index >= 15 is 0 Å². The molecule has 0 spiro atoms. The second-order valence-corrected chi connectivity index (χ2v) is 4.30. The van der Waals surface area contributed by atoms with Crippen molar-refractivity contribution in [2.75, 3.05) is 0 Å². The lowest BCUT2D eigenvalue weighted by Gasteiger charge is -2.24. The van der Waals surface area contributed by atoms with E-state index in [0.717, 1.165) is 5.56 Å². The third kappa shape index (κ3) is 3.29. The first-order valence-corrected chi connectivity index (χ1v) is 4.94. The Hall–Kier alpha value is -1.46. The van der Waals surface area contributed by atoms with Gasteiger partial charge >= 0.3 is 0 Å². The molecule has 0 fully saturated rings. The third-order valence-corrected chi connectivity index (χ3v) is 2.39. The Morgan fingerprint density at radius 2 is 1.88 bits per heavy atom. The topological polar surface area (TPSA) is 83.6 Å². The summed E-state index contributed by atoms with van der Waals surface area (Å²) in [7, 11) is 0. The van der Waals surface area contributed by atoms with Gasteiger partial charge in [-0.05, 0) is 19.4 Å². The summed E-state index contributed by atoms with van der Waals surface area (Å²) in [5.74, 6) is 0. The van der Waals surface area contributed by atoms with E-state index in [-0.39, 0.29) is 12.1 Å². The van der Waals surface area contributed by atoms with Crippen molar-refractivity contribution in [3.63, 3.8) is 0 Å². The molecule has 0 radical (unpaired) electrons. The molecule has 5 heteroatoms. The molecule has 1 aromatic rings. The number of nitro groups is 1. The normalized spacial score (nSPS) is 13.5. The van der Waals surface area contributed by atoms with Crippen LogP contribution in [0.1, 0.15) is 19.4 Å². The molecule has 0 bridgehead atoms. The Balaban J connectivity index is 2.73. The molecule has 88 valence electrons. The van der Waals surface area contributed by atoms with Gasteiger partial charge in [-0.1, -0.05) is 12.1 Å². The zero-order valence-corrected chi connectivity index (χ0v) is 9.25. The van der Waals surface area contributed by atoms with Crippen molar-refractivity contribution in [1.82, 2.24) is 0 Å². The molecule has 1 atom stereocenters. The van der Waals surface area contributed by atoms with Gasteiger partial charge in [-0.2, -0.15) is 0 Å². The molecule has 0 saturated carbocycles. The minimum atomic E-state index is -1.18. The quantitative estimate of drug-likeness (QED) is 0.597. The summed E-state index contributed by atoms with van der Waals surface area (Å²) in [5.41, 5.74) is -0.413. The van der Waals surface area contributed by atoms with Crippen LogP contribution in [0, 0.1) is 10.1 Å². The highest BCUT2D eigenvalue weighted by atomic mass is 16.6. The van der Waals surface area contributed by atoms with Crippen LogP contribution in [0.15, 0.2) is 24.3 Å². The first kappa shape index (κ1) is 12.6. The Morgan fingerprint density at radius 1 is 1.38 bits per heavy atom. The Bertz CT molecular complexity index is 367. The number of hydrogen-bond donors (Lipinski definition) is 2. The number of rotatable bonds is 4. The molecule has 0 heterocycles. The van der Waals surface area contributed by atoms with Gasteiger partial charge in [-0.25, -0.2) is 0 Å². The molecule has 0 saturated heterocycles. The van der Waals surface area contributed by atoms with Crippen LogP contribution in [0.25, 0.3) is 0 Å². The van der Waals surface area contributed by atoms with Crippen LogP contribution in [-0.2, 0) is 6.42 Å². The van der Waals surface area contributed by atoms with Gasteiger partial charge in [0.2, 0.25) is 0 Å². The molecule has 1 aromatic carbocycles. The third-order valence-electron chi connectivity index (χ3n) is 2.39. The maximum atomic E-state index is 10.4. The molecule has 0 aliphatic rings. The van der Waals surface area contributed by atoms with Gasteiger partial charge in [0.05, 0.1) is 16.6 Å². The summed E-state index contributed by atoms with van der Waals surface area (Å²) in [6.07, 6.45) is -0.629. The van der Waals surface area contributed by atoms with Crippen LogP contribution in [-0.4, -0.2) is 26.8 Å². The van der Waals surface area contributed by atoms with Crippen molar-refractivity contribution in [2.45, 2.75) is 32.0 Å². The van der Waals surface area contributed by atoms with Crippen LogP contribution in [0.5, 0.6) is 0 Å². The van der Waals surface area contributed by atoms with Crippen molar-refractivity contribution in [3.05, 3.63) is 39.9 Å². The average molecular weight is 225 g/mol. The molecule has 0 amide bonds. The molecule has 0 aromatic heterocycles. The van der Waals surface area contributed by atoms with Crippen molar-refractivity contribution >= 4 is 5.69 Å². The smallest absolute Gasteiger partial charge is 0.269 e. The zero-order valence-electron chi connectivity index (χ0n) is 9.25. The van der Waals surface area contributed by atoms with Gasteiger partial charge in [-0.3, -0.25) is 10.1 Å². The maximum Gasteiger partial charge on any atom is 0.269 e. The van der Waals surface area contributed by atoms with Gasteiger partial charge in [0.25, 0.3) is 5.69 Å². The number of aliphatic hydroxyl groups is 2. The monoisotopic (exact) mass is 225 g/mol. The zero-order chi connectivity index (χ0) is 12.3. The van der Waals surface area contributed by atoms with Crippen LogP contribution in [0.4, 0.5) is 5.69 Å². The largest absolute Gasteiger partial charge is 0.390 e. The number of aliphatic hydroxyl groups excluding tert-OH is 1. The Labute approximate surface area is 93.5 Å². The lowest BCUT2D eigenvalue weighted by molar-refractivity contribution is -0.384. The van der Waals surface area contributed by atoms with Crippen LogP contribution >= 0.6 is 0 Å². The minimum absolute atomic E-state index is 0.0153. The number of nitrogens with zero attached hydrogens (tertiary/aromatic N) is 1. The summed E-state index contributed by atoms with van der Waals surface area (Å²) >= 11 is 0. The van der Waals surface area contributed by atoms with Crippen molar-refractivity contribution < 1.29 is 15.1 Å². The van der Waals surface area contributed by atoms with Crippen molar-refractivity contribution in [1.29, 1.82) is 0 Å². The predicted molar refractivity (Wildman–Crippen MR) is 59.1 cm³/mol. The molecule has 2 N–H and O–H groups in total. The van der Waals surface area contributed by atoms with E-state index in [1.165, 1.54) is 26.0 Å². The molecule has 5 nitrogen and oxygen atoms in total. The van der Waals surface area contributed by atoms with Crippen molar-refractivity contribution in [2.24, 2.45) is 0 Å². The SMILES string of the molecule is CC(C)(O)[C@H](O)Cc1ccc([N+](=O)[O-])cc1. The maximum absolute atomic E-state index is 10.4. The summed E-state index contributed by atoms with van der Waals surface area (Å²) in [6.45, 7) is 3.03. The first-order chi connectivity index (χ1) is 7.30. The van der Waals surface area contributed by atoms with Crippen molar-refractivity contribution in [3.8, 4) is 0 Å². The van der Waals surface area contributed by atoms with E-state index in [1.807, 2.05) is 0 Å². The fourth-order valence-electron chi connectivity index (χ4n) is 1.23. The highest BCUT2D eigenvalue weighted by molar-refractivity contribution is 5.33. The van der Waals surface area contributed by atoms with Gasteiger partial charge in [0.15, 0.2) is 0 Å². The molecular weight excluding hydrogens is 210 g/mol. The molecule has 0 unspecified atom stereocenters. The van der Waals surface area contributed by atoms with Crippen LogP contribution in [0.2, 0.25) is 0 Å². The Morgan fingerprint density at radius 3 is 2.25 bits per heavy atom. The van der Waals surface area contributed by atoms with E-state index in [9.17, 15) is 20.3 Å². The first-order valence-electron chi connectivity index (χ1n) is 4.94. The minimum Gasteiger partial charge on any atom is -0.390 e. The molecule has 16 heavy (non-hydrogen) atoms. The van der Waals surface area contributed by atoms with Gasteiger partial charge in [0, 0.05) is 18.6 Å². The number of benzene rings is 1. The summed E-state index contributed by atoms with van der Waals surface area (Å²) in [6, 6.07) is 5.92. The number of nitro benzene ring substituents is 1. The second-order valence-electron chi connectivity index (χ2n) is 4.30. The summed E-state index contributed by atoms with van der Waals surface area (Å²) < 4.78 is 0. The molecule has 1 rings (SSSR count). The highest BCUT2D eigenvalue weighted by Gasteiger charge is 2.24. The van der Waals surface area contributed by atoms with Gasteiger partial charge in [0.1, 0.15) is 0 Å². The highest BCUT2D eigenvalue weighted by Crippen LogP contribution is 2.17. The number of non-ortho nitro benzene ring substituents is 1. The van der Waals surface area contributed by atoms with Gasteiger partial charge < -0.3 is 10.2 Å². The van der Waals surface area contributed by atoms with Crippen LogP contribution in [0.3, 0.4) is 0 Å². The summed E-state index contributed by atoms with van der Waals surface area (Å²) in [5, 5.41) is 29.6. The van der Waals surface area contributed by atoms with E-state index in [1.54, 1.807) is 12.1 Å². The fraction of sp³-hybridized carbons (Fsp3) is 0.455. The fourth-order valence-corrected chi connectivity index (χ4v) is 1.23. The standard InChI is InChI=1S/C11H15NO4/c1-11(2,14)10(13)7-8-3-5-9(6-4-8)12(15)16/h3-6,10,13-14H,7H2,1-2H3/t10-/m1/s1. The Kier molecular flexibility index (Phi) is 3.62. The lowest BCUT2D eigenvalue weighted by Crippen LogP contribution is -2.37. The summed E-state index contributed by atoms with van der Waals surface area (Å²) in [4.78, 5) is 9.93.